The average molecular weight is 309 g/mol. The van der Waals surface area contributed by atoms with E-state index in [1.165, 1.54) is 12.1 Å². The van der Waals surface area contributed by atoms with E-state index in [-0.39, 0.29) is 17.3 Å². The van der Waals surface area contributed by atoms with Crippen LogP contribution in [0.3, 0.4) is 0 Å². The van der Waals surface area contributed by atoms with E-state index in [1.807, 2.05) is 36.7 Å². The molecule has 7 nitrogen and oxygen atoms in total. The minimum Gasteiger partial charge on any atom is -0.305 e. The molecule has 3 rings (SSSR count). The number of carbonyl (C=O) groups excluding carboxylic acids is 1. The van der Waals surface area contributed by atoms with Gasteiger partial charge in [-0.3, -0.25) is 9.59 Å². The van der Waals surface area contributed by atoms with Gasteiger partial charge in [-0.05, 0) is 50.2 Å². The Kier molecular flexibility index (Phi) is 3.76. The molecular weight excluding hydrogens is 294 g/mol. The fourth-order valence-corrected chi connectivity index (χ4v) is 2.25. The van der Waals surface area contributed by atoms with Crippen LogP contribution in [0, 0.1) is 13.8 Å². The Bertz CT molecular complexity index is 888. The number of rotatable bonds is 3. The SMILES string of the molecule is Cc1cc(C)n(-c2ccc(C(=O)Nc3ccc(=O)[nH]n3)cc2)n1. The van der Waals surface area contributed by atoms with E-state index in [1.54, 1.807) is 12.1 Å². The third kappa shape index (κ3) is 3.18. The van der Waals surface area contributed by atoms with Gasteiger partial charge in [-0.25, -0.2) is 9.78 Å². The number of amides is 1. The lowest BCUT2D eigenvalue weighted by atomic mass is 10.2. The number of hydrogen-bond acceptors (Lipinski definition) is 4. The van der Waals surface area contributed by atoms with Crippen molar-refractivity contribution in [1.82, 2.24) is 20.0 Å². The fraction of sp³-hybridized carbons (Fsp3) is 0.125. The molecule has 0 unspecified atom stereocenters. The first-order valence-corrected chi connectivity index (χ1v) is 7.04. The molecule has 0 saturated heterocycles. The number of aromatic nitrogens is 4. The summed E-state index contributed by atoms with van der Waals surface area (Å²) >= 11 is 0. The van der Waals surface area contributed by atoms with Crippen LogP contribution in [-0.4, -0.2) is 25.9 Å². The Hall–Kier alpha value is -3.22. The van der Waals surface area contributed by atoms with Crippen molar-refractivity contribution in [2.24, 2.45) is 0 Å². The first kappa shape index (κ1) is 14.7. The van der Waals surface area contributed by atoms with Crippen LogP contribution in [0.2, 0.25) is 0 Å². The second kappa shape index (κ2) is 5.88. The smallest absolute Gasteiger partial charge is 0.264 e. The Labute approximate surface area is 132 Å². The van der Waals surface area contributed by atoms with Crippen molar-refractivity contribution in [3.8, 4) is 5.69 Å². The number of hydrogen-bond donors (Lipinski definition) is 2. The van der Waals surface area contributed by atoms with Gasteiger partial charge in [0, 0.05) is 17.3 Å². The van der Waals surface area contributed by atoms with Crippen molar-refractivity contribution in [3.63, 3.8) is 0 Å². The lowest BCUT2D eigenvalue weighted by molar-refractivity contribution is 0.102. The Morgan fingerprint density at radius 3 is 2.43 bits per heavy atom. The maximum Gasteiger partial charge on any atom is 0.264 e. The molecule has 116 valence electrons. The highest BCUT2D eigenvalue weighted by atomic mass is 16.2. The Morgan fingerprint density at radius 1 is 1.13 bits per heavy atom. The van der Waals surface area contributed by atoms with Gasteiger partial charge in [-0.2, -0.15) is 10.2 Å². The Morgan fingerprint density at radius 2 is 1.87 bits per heavy atom. The number of carbonyl (C=O) groups is 1. The molecule has 2 aromatic heterocycles. The fourth-order valence-electron chi connectivity index (χ4n) is 2.25. The van der Waals surface area contributed by atoms with Crippen LogP contribution < -0.4 is 10.9 Å². The highest BCUT2D eigenvalue weighted by Gasteiger charge is 2.09. The van der Waals surface area contributed by atoms with E-state index in [4.69, 9.17) is 0 Å². The zero-order valence-electron chi connectivity index (χ0n) is 12.7. The minimum atomic E-state index is -0.322. The zero-order valence-corrected chi connectivity index (χ0v) is 12.7. The quantitative estimate of drug-likeness (QED) is 0.772. The molecular formula is C16H15N5O2. The van der Waals surface area contributed by atoms with E-state index in [0.29, 0.717) is 5.56 Å². The lowest BCUT2D eigenvalue weighted by Gasteiger charge is -2.07. The predicted molar refractivity (Wildman–Crippen MR) is 85.8 cm³/mol. The molecule has 2 heterocycles. The molecule has 3 aromatic rings. The summed E-state index contributed by atoms with van der Waals surface area (Å²) in [5, 5.41) is 13.0. The van der Waals surface area contributed by atoms with E-state index in [0.717, 1.165) is 17.1 Å². The van der Waals surface area contributed by atoms with Gasteiger partial charge in [-0.1, -0.05) is 0 Å². The van der Waals surface area contributed by atoms with Crippen molar-refractivity contribution in [2.75, 3.05) is 5.32 Å². The number of anilines is 1. The van der Waals surface area contributed by atoms with Crippen molar-refractivity contribution >= 4 is 11.7 Å². The molecule has 0 aliphatic heterocycles. The maximum absolute atomic E-state index is 12.2. The molecule has 0 fully saturated rings. The van der Waals surface area contributed by atoms with Crippen LogP contribution >= 0.6 is 0 Å². The standard InChI is InChI=1S/C16H15N5O2/c1-10-9-11(2)21(20-10)13-5-3-12(4-6-13)16(23)17-14-7-8-15(22)19-18-14/h3-9H,1-2H3,(H,19,22)(H,17,18,23). The zero-order chi connectivity index (χ0) is 16.4. The third-order valence-corrected chi connectivity index (χ3v) is 3.30. The molecule has 1 amide bonds. The topological polar surface area (TPSA) is 92.7 Å². The van der Waals surface area contributed by atoms with Gasteiger partial charge in [-0.15, -0.1) is 0 Å². The van der Waals surface area contributed by atoms with Gasteiger partial charge in [0.05, 0.1) is 11.4 Å². The number of benzene rings is 1. The predicted octanol–water partition coefficient (Wildman–Crippen LogP) is 1.82. The molecule has 2 N–H and O–H groups in total. The van der Waals surface area contributed by atoms with Gasteiger partial charge < -0.3 is 5.32 Å². The van der Waals surface area contributed by atoms with Gasteiger partial charge in [0.1, 0.15) is 0 Å². The summed E-state index contributed by atoms with van der Waals surface area (Å²) < 4.78 is 1.82. The molecule has 7 heteroatoms. The van der Waals surface area contributed by atoms with Crippen molar-refractivity contribution < 1.29 is 4.79 Å². The van der Waals surface area contributed by atoms with E-state index < -0.39 is 0 Å². The molecule has 1 aromatic carbocycles. The van der Waals surface area contributed by atoms with Gasteiger partial charge in [0.15, 0.2) is 5.82 Å². The van der Waals surface area contributed by atoms with Gasteiger partial charge >= 0.3 is 0 Å². The minimum absolute atomic E-state index is 0.289. The number of H-pyrrole nitrogens is 1. The molecule has 0 aliphatic rings. The van der Waals surface area contributed by atoms with Crippen LogP contribution in [0.4, 0.5) is 5.82 Å². The normalized spacial score (nSPS) is 10.5. The molecule has 23 heavy (non-hydrogen) atoms. The van der Waals surface area contributed by atoms with Crippen LogP contribution in [0.1, 0.15) is 21.7 Å². The average Bonchev–Trinajstić information content (AvgIpc) is 2.88. The highest BCUT2D eigenvalue weighted by Crippen LogP contribution is 2.13. The first-order chi connectivity index (χ1) is 11.0. The molecule has 0 atom stereocenters. The van der Waals surface area contributed by atoms with E-state index in [9.17, 15) is 9.59 Å². The summed E-state index contributed by atoms with van der Waals surface area (Å²) in [6.45, 7) is 3.91. The summed E-state index contributed by atoms with van der Waals surface area (Å²) in [5.74, 6) is -0.0123. The largest absolute Gasteiger partial charge is 0.305 e. The second-order valence-electron chi connectivity index (χ2n) is 5.15. The number of nitrogens with zero attached hydrogens (tertiary/aromatic N) is 3. The van der Waals surface area contributed by atoms with Crippen molar-refractivity contribution in [1.29, 1.82) is 0 Å². The summed E-state index contributed by atoms with van der Waals surface area (Å²) in [6.07, 6.45) is 0. The van der Waals surface area contributed by atoms with Crippen LogP contribution in [0.15, 0.2) is 47.3 Å². The van der Waals surface area contributed by atoms with E-state index in [2.05, 4.69) is 20.6 Å². The maximum atomic E-state index is 12.2. The van der Waals surface area contributed by atoms with Crippen LogP contribution in [-0.2, 0) is 0 Å². The highest BCUT2D eigenvalue weighted by molar-refractivity contribution is 6.03. The first-order valence-electron chi connectivity index (χ1n) is 7.04. The number of aryl methyl sites for hydroxylation is 2. The van der Waals surface area contributed by atoms with Crippen LogP contribution in [0.25, 0.3) is 5.69 Å². The van der Waals surface area contributed by atoms with Crippen LogP contribution in [0.5, 0.6) is 0 Å². The van der Waals surface area contributed by atoms with Crippen molar-refractivity contribution in [3.05, 3.63) is 69.8 Å². The molecule has 0 saturated carbocycles. The molecule has 0 radical (unpaired) electrons. The van der Waals surface area contributed by atoms with E-state index >= 15 is 0 Å². The number of aromatic amines is 1. The van der Waals surface area contributed by atoms with Crippen molar-refractivity contribution in [2.45, 2.75) is 13.8 Å². The molecule has 0 bridgehead atoms. The summed E-state index contributed by atoms with van der Waals surface area (Å²) in [4.78, 5) is 23.1. The third-order valence-electron chi connectivity index (χ3n) is 3.30. The Balaban J connectivity index is 1.79. The van der Waals surface area contributed by atoms with Gasteiger partial charge in [0.2, 0.25) is 0 Å². The number of nitrogens with one attached hydrogen (secondary N) is 2. The lowest BCUT2D eigenvalue weighted by Crippen LogP contribution is -2.15. The van der Waals surface area contributed by atoms with Gasteiger partial charge in [0.25, 0.3) is 11.5 Å². The second-order valence-corrected chi connectivity index (χ2v) is 5.15. The molecule has 0 aliphatic carbocycles. The molecule has 0 spiro atoms. The summed E-state index contributed by atoms with van der Waals surface area (Å²) in [6, 6.07) is 11.8. The summed E-state index contributed by atoms with van der Waals surface area (Å²) in [7, 11) is 0. The summed E-state index contributed by atoms with van der Waals surface area (Å²) in [5.41, 5.74) is 3.01. The monoisotopic (exact) mass is 309 g/mol.